The Labute approximate surface area is 126 Å². The molecule has 1 aliphatic rings. The van der Waals surface area contributed by atoms with Crippen molar-refractivity contribution in [2.45, 2.75) is 19.2 Å². The van der Waals surface area contributed by atoms with Gasteiger partial charge < -0.3 is 9.64 Å². The molecule has 112 valence electrons. The number of imide groups is 1. The lowest BCUT2D eigenvalue weighted by Gasteiger charge is -2.27. The minimum absolute atomic E-state index is 0.0880. The summed E-state index contributed by atoms with van der Waals surface area (Å²) in [6.45, 7) is 3.84. The van der Waals surface area contributed by atoms with Crippen LogP contribution >= 0.6 is 11.8 Å². The summed E-state index contributed by atoms with van der Waals surface area (Å²) in [7, 11) is 0. The van der Waals surface area contributed by atoms with Crippen LogP contribution < -0.4 is 10.2 Å². The molecule has 6 nitrogen and oxygen atoms in total. The molecule has 1 saturated heterocycles. The molecule has 2 amide bonds. The highest BCUT2D eigenvalue weighted by Gasteiger charge is 2.37. The first-order chi connectivity index (χ1) is 10.0. The van der Waals surface area contributed by atoms with Crippen LogP contribution in [-0.2, 0) is 14.3 Å². The smallest absolute Gasteiger partial charge is 0.325 e. The van der Waals surface area contributed by atoms with Crippen LogP contribution in [0.3, 0.4) is 0 Å². The molecule has 0 saturated carbocycles. The second-order valence-electron chi connectivity index (χ2n) is 4.52. The van der Waals surface area contributed by atoms with Crippen LogP contribution in [0.2, 0.25) is 0 Å². The van der Waals surface area contributed by atoms with E-state index in [9.17, 15) is 14.4 Å². The van der Waals surface area contributed by atoms with Gasteiger partial charge in [-0.25, -0.2) is 0 Å². The number of ether oxygens (including phenoxy) is 1. The lowest BCUT2D eigenvalue weighted by atomic mass is 10.2. The van der Waals surface area contributed by atoms with Crippen molar-refractivity contribution in [3.05, 3.63) is 29.8 Å². The van der Waals surface area contributed by atoms with Gasteiger partial charge >= 0.3 is 5.97 Å². The van der Waals surface area contributed by atoms with Gasteiger partial charge in [0.2, 0.25) is 0 Å². The van der Waals surface area contributed by atoms with Crippen LogP contribution in [0.25, 0.3) is 0 Å². The number of hydrogen-bond acceptors (Lipinski definition) is 6. The van der Waals surface area contributed by atoms with Gasteiger partial charge in [-0.15, -0.1) is 0 Å². The number of nitrogens with zero attached hydrogens (tertiary/aromatic N) is 1. The summed E-state index contributed by atoms with van der Waals surface area (Å²) in [5, 5.41) is 1.05. The highest BCUT2D eigenvalue weighted by atomic mass is 32.2. The Morgan fingerprint density at radius 3 is 2.52 bits per heavy atom. The molecule has 0 aromatic heterocycles. The van der Waals surface area contributed by atoms with Crippen LogP contribution in [0, 0.1) is 6.92 Å². The number of carbonyl (C=O) groups excluding carboxylic acids is 3. The highest BCUT2D eigenvalue weighted by Crippen LogP contribution is 2.28. The fraction of sp³-hybridized carbons (Fsp3) is 0.357. The van der Waals surface area contributed by atoms with E-state index in [1.807, 2.05) is 31.2 Å². The number of thioether (sulfide) groups is 1. The molecule has 0 unspecified atom stereocenters. The summed E-state index contributed by atoms with van der Waals surface area (Å²) < 4.78 is 4.93. The number of anilines is 1. The molecule has 1 fully saturated rings. The normalized spacial score (nSPS) is 17.5. The summed E-state index contributed by atoms with van der Waals surface area (Å²) in [5.74, 6) is -0.860. The fourth-order valence-electron chi connectivity index (χ4n) is 1.94. The Kier molecular flexibility index (Phi) is 4.85. The minimum Gasteiger partial charge on any atom is -0.465 e. The number of esters is 1. The second kappa shape index (κ2) is 6.62. The molecule has 0 radical (unpaired) electrons. The van der Waals surface area contributed by atoms with E-state index in [-0.39, 0.29) is 13.2 Å². The topological polar surface area (TPSA) is 75.7 Å². The van der Waals surface area contributed by atoms with Gasteiger partial charge in [0.15, 0.2) is 5.37 Å². The van der Waals surface area contributed by atoms with Crippen molar-refractivity contribution in [1.29, 1.82) is 0 Å². The standard InChI is InChI=1S/C14H16N2O4S/c1-3-20-11(17)8-16(10-6-4-9(2)5-7-10)13-12(18)15-14(19)21-13/h4-7,13H,3,8H2,1-2H3,(H,15,18,19)/t13-/m1/s1. The molecule has 1 atom stereocenters. The molecule has 1 heterocycles. The van der Waals surface area contributed by atoms with E-state index in [0.29, 0.717) is 5.69 Å². The predicted molar refractivity (Wildman–Crippen MR) is 80.1 cm³/mol. The Balaban J connectivity index is 2.25. The quantitative estimate of drug-likeness (QED) is 0.834. The summed E-state index contributed by atoms with van der Waals surface area (Å²) in [5.41, 5.74) is 1.76. The molecular weight excluding hydrogens is 292 g/mol. The lowest BCUT2D eigenvalue weighted by Crippen LogP contribution is -2.43. The van der Waals surface area contributed by atoms with Gasteiger partial charge in [0.1, 0.15) is 6.54 Å². The number of hydrogen-bond donors (Lipinski definition) is 1. The third-order valence-electron chi connectivity index (χ3n) is 2.92. The molecule has 2 rings (SSSR count). The molecule has 7 heteroatoms. The summed E-state index contributed by atoms with van der Waals surface area (Å²) >= 11 is 0.859. The van der Waals surface area contributed by atoms with Crippen molar-refractivity contribution in [3.8, 4) is 0 Å². The maximum atomic E-state index is 11.9. The molecule has 1 aromatic rings. The van der Waals surface area contributed by atoms with Gasteiger partial charge in [0, 0.05) is 5.69 Å². The molecule has 1 N–H and O–H groups in total. The molecule has 0 aliphatic carbocycles. The van der Waals surface area contributed by atoms with E-state index in [4.69, 9.17) is 4.74 Å². The van der Waals surface area contributed by atoms with Crippen LogP contribution in [-0.4, -0.2) is 35.6 Å². The predicted octanol–water partition coefficient (Wildman–Crippen LogP) is 1.67. The molecule has 0 bridgehead atoms. The average Bonchev–Trinajstić information content (AvgIpc) is 2.76. The van der Waals surface area contributed by atoms with Gasteiger partial charge in [-0.05, 0) is 37.7 Å². The van der Waals surface area contributed by atoms with Gasteiger partial charge in [-0.3, -0.25) is 19.7 Å². The van der Waals surface area contributed by atoms with Crippen molar-refractivity contribution in [2.75, 3.05) is 18.1 Å². The summed E-state index contributed by atoms with van der Waals surface area (Å²) in [6, 6.07) is 7.38. The number of benzene rings is 1. The molecular formula is C14H16N2O4S. The van der Waals surface area contributed by atoms with Crippen molar-refractivity contribution in [1.82, 2.24) is 5.32 Å². The molecule has 1 aromatic carbocycles. The number of carbonyl (C=O) groups is 3. The average molecular weight is 308 g/mol. The Morgan fingerprint density at radius 1 is 1.33 bits per heavy atom. The molecule has 0 spiro atoms. The van der Waals surface area contributed by atoms with Crippen molar-refractivity contribution >= 4 is 34.6 Å². The van der Waals surface area contributed by atoms with E-state index in [0.717, 1.165) is 17.3 Å². The van der Waals surface area contributed by atoms with Gasteiger partial charge in [0.25, 0.3) is 11.1 Å². The monoisotopic (exact) mass is 308 g/mol. The maximum Gasteiger partial charge on any atom is 0.325 e. The zero-order chi connectivity index (χ0) is 15.4. The van der Waals surface area contributed by atoms with E-state index < -0.39 is 22.5 Å². The number of amides is 2. The first-order valence-electron chi connectivity index (χ1n) is 6.51. The summed E-state index contributed by atoms with van der Waals surface area (Å²) in [6.07, 6.45) is 0. The van der Waals surface area contributed by atoms with Gasteiger partial charge in [0.05, 0.1) is 6.61 Å². The number of aryl methyl sites for hydroxylation is 1. The Hall–Kier alpha value is -2.02. The highest BCUT2D eigenvalue weighted by molar-refractivity contribution is 8.15. The minimum atomic E-state index is -0.760. The third kappa shape index (κ3) is 3.75. The van der Waals surface area contributed by atoms with Crippen molar-refractivity contribution in [2.24, 2.45) is 0 Å². The first-order valence-corrected chi connectivity index (χ1v) is 7.39. The molecule has 21 heavy (non-hydrogen) atoms. The van der Waals surface area contributed by atoms with Crippen LogP contribution in [0.4, 0.5) is 10.5 Å². The van der Waals surface area contributed by atoms with Crippen molar-refractivity contribution in [3.63, 3.8) is 0 Å². The van der Waals surface area contributed by atoms with Crippen LogP contribution in [0.1, 0.15) is 12.5 Å². The van der Waals surface area contributed by atoms with Gasteiger partial charge in [-0.1, -0.05) is 17.7 Å². The van der Waals surface area contributed by atoms with E-state index in [1.165, 1.54) is 0 Å². The zero-order valence-corrected chi connectivity index (χ0v) is 12.6. The fourth-order valence-corrected chi connectivity index (χ4v) is 2.80. The molecule has 1 aliphatic heterocycles. The van der Waals surface area contributed by atoms with E-state index >= 15 is 0 Å². The largest absolute Gasteiger partial charge is 0.465 e. The number of rotatable bonds is 5. The van der Waals surface area contributed by atoms with Gasteiger partial charge in [-0.2, -0.15) is 0 Å². The SMILES string of the molecule is CCOC(=O)CN(c1ccc(C)cc1)[C@@H]1SC(=O)NC1=O. The summed E-state index contributed by atoms with van der Waals surface area (Å²) in [4.78, 5) is 36.5. The zero-order valence-electron chi connectivity index (χ0n) is 11.8. The van der Waals surface area contributed by atoms with Crippen LogP contribution in [0.5, 0.6) is 0 Å². The van der Waals surface area contributed by atoms with Crippen LogP contribution in [0.15, 0.2) is 24.3 Å². The first kappa shape index (κ1) is 15.4. The van der Waals surface area contributed by atoms with E-state index in [1.54, 1.807) is 11.8 Å². The Bertz CT molecular complexity index is 559. The van der Waals surface area contributed by atoms with E-state index in [2.05, 4.69) is 5.32 Å². The maximum absolute atomic E-state index is 11.9. The number of nitrogens with one attached hydrogen (secondary N) is 1. The second-order valence-corrected chi connectivity index (χ2v) is 5.57. The third-order valence-corrected chi connectivity index (χ3v) is 3.93. The Morgan fingerprint density at radius 2 is 2.00 bits per heavy atom. The van der Waals surface area contributed by atoms with Crippen molar-refractivity contribution < 1.29 is 19.1 Å². The lowest BCUT2D eigenvalue weighted by molar-refractivity contribution is -0.141.